The van der Waals surface area contributed by atoms with Crippen LogP contribution >= 0.6 is 0 Å². The van der Waals surface area contributed by atoms with E-state index < -0.39 is 0 Å². The van der Waals surface area contributed by atoms with Crippen LogP contribution in [0.25, 0.3) is 0 Å². The van der Waals surface area contributed by atoms with Crippen molar-refractivity contribution in [2.45, 2.75) is 44.2 Å². The normalized spacial score (nSPS) is 24.6. The lowest BCUT2D eigenvalue weighted by molar-refractivity contribution is -0.133. The lowest BCUT2D eigenvalue weighted by atomic mass is 10.1. The predicted molar refractivity (Wildman–Crippen MR) is 73.1 cm³/mol. The molecule has 0 aromatic heterocycles. The second kappa shape index (κ2) is 7.82. The van der Waals surface area contributed by atoms with Gasteiger partial charge in [-0.25, -0.2) is 0 Å². The number of hydrogen-bond acceptors (Lipinski definition) is 4. The molecule has 2 saturated heterocycles. The molecule has 1 N–H and O–H groups in total. The molecule has 0 radical (unpaired) electrons. The zero-order chi connectivity index (χ0) is 13.5. The SMILES string of the molecule is CN(C(=O)CCOCC1CCCO1)C1CCNCC1. The van der Waals surface area contributed by atoms with Gasteiger partial charge in [-0.2, -0.15) is 0 Å². The lowest BCUT2D eigenvalue weighted by Gasteiger charge is -2.31. The Labute approximate surface area is 115 Å². The van der Waals surface area contributed by atoms with Crippen molar-refractivity contribution in [1.29, 1.82) is 0 Å². The molecule has 5 heteroatoms. The minimum Gasteiger partial charge on any atom is -0.378 e. The Morgan fingerprint density at radius 2 is 2.16 bits per heavy atom. The molecule has 1 amide bonds. The summed E-state index contributed by atoms with van der Waals surface area (Å²) in [5, 5.41) is 3.32. The highest BCUT2D eigenvalue weighted by molar-refractivity contribution is 5.76. The molecule has 2 fully saturated rings. The van der Waals surface area contributed by atoms with E-state index in [9.17, 15) is 4.79 Å². The second-order valence-corrected chi connectivity index (χ2v) is 5.45. The van der Waals surface area contributed by atoms with Gasteiger partial charge >= 0.3 is 0 Å². The summed E-state index contributed by atoms with van der Waals surface area (Å²) in [5.74, 6) is 0.194. The molecule has 110 valence electrons. The van der Waals surface area contributed by atoms with Crippen LogP contribution in [0, 0.1) is 0 Å². The van der Waals surface area contributed by atoms with Gasteiger partial charge in [-0.3, -0.25) is 4.79 Å². The summed E-state index contributed by atoms with van der Waals surface area (Å²) in [6.45, 7) is 4.01. The van der Waals surface area contributed by atoms with Gasteiger partial charge in [-0.1, -0.05) is 0 Å². The van der Waals surface area contributed by atoms with Gasteiger partial charge in [0.25, 0.3) is 0 Å². The fourth-order valence-electron chi connectivity index (χ4n) is 2.72. The summed E-state index contributed by atoms with van der Waals surface area (Å²) in [6.07, 6.45) is 5.05. The molecule has 2 heterocycles. The summed E-state index contributed by atoms with van der Waals surface area (Å²) < 4.78 is 11.0. The molecule has 0 aromatic rings. The van der Waals surface area contributed by atoms with E-state index in [-0.39, 0.29) is 12.0 Å². The molecule has 2 rings (SSSR count). The number of rotatable bonds is 6. The first-order valence-electron chi connectivity index (χ1n) is 7.43. The molecule has 1 unspecified atom stereocenters. The molecule has 5 nitrogen and oxygen atoms in total. The van der Waals surface area contributed by atoms with Crippen LogP contribution in [0.1, 0.15) is 32.1 Å². The van der Waals surface area contributed by atoms with Crippen LogP contribution in [0.4, 0.5) is 0 Å². The van der Waals surface area contributed by atoms with Gasteiger partial charge in [0.05, 0.1) is 25.7 Å². The minimum atomic E-state index is 0.194. The van der Waals surface area contributed by atoms with Crippen molar-refractivity contribution in [1.82, 2.24) is 10.2 Å². The van der Waals surface area contributed by atoms with E-state index in [4.69, 9.17) is 9.47 Å². The first-order valence-corrected chi connectivity index (χ1v) is 7.43. The molecule has 0 aromatic carbocycles. The molecule has 2 aliphatic rings. The van der Waals surface area contributed by atoms with Crippen LogP contribution in [-0.4, -0.2) is 62.9 Å². The van der Waals surface area contributed by atoms with Gasteiger partial charge in [-0.05, 0) is 38.8 Å². The number of nitrogens with zero attached hydrogens (tertiary/aromatic N) is 1. The molecular formula is C14H26N2O3. The lowest BCUT2D eigenvalue weighted by Crippen LogP contribution is -2.44. The number of nitrogens with one attached hydrogen (secondary N) is 1. The fourth-order valence-corrected chi connectivity index (χ4v) is 2.72. The Bertz CT molecular complexity index is 274. The zero-order valence-electron chi connectivity index (χ0n) is 11.9. The molecule has 0 bridgehead atoms. The van der Waals surface area contributed by atoms with Crippen molar-refractivity contribution in [2.24, 2.45) is 0 Å². The van der Waals surface area contributed by atoms with Crippen LogP contribution in [0.3, 0.4) is 0 Å². The topological polar surface area (TPSA) is 50.8 Å². The third-order valence-electron chi connectivity index (χ3n) is 4.04. The monoisotopic (exact) mass is 270 g/mol. The standard InChI is InChI=1S/C14H26N2O3/c1-16(12-4-7-15-8-5-12)14(17)6-10-18-11-13-3-2-9-19-13/h12-13,15H,2-11H2,1H3. The van der Waals surface area contributed by atoms with Crippen molar-refractivity contribution in [3.63, 3.8) is 0 Å². The van der Waals surface area contributed by atoms with E-state index in [1.54, 1.807) is 0 Å². The highest BCUT2D eigenvalue weighted by atomic mass is 16.5. The minimum absolute atomic E-state index is 0.194. The summed E-state index contributed by atoms with van der Waals surface area (Å²) in [4.78, 5) is 13.9. The maximum atomic E-state index is 12.0. The van der Waals surface area contributed by atoms with Gasteiger partial charge in [0.15, 0.2) is 0 Å². The number of carbonyl (C=O) groups excluding carboxylic acids is 1. The quantitative estimate of drug-likeness (QED) is 0.725. The van der Waals surface area contributed by atoms with E-state index in [2.05, 4.69) is 5.32 Å². The Hall–Kier alpha value is -0.650. The first-order chi connectivity index (χ1) is 9.27. The third-order valence-corrected chi connectivity index (χ3v) is 4.04. The third kappa shape index (κ3) is 4.75. The van der Waals surface area contributed by atoms with Crippen molar-refractivity contribution in [3.8, 4) is 0 Å². The molecule has 2 aliphatic heterocycles. The van der Waals surface area contributed by atoms with Crippen LogP contribution in [0.5, 0.6) is 0 Å². The highest BCUT2D eigenvalue weighted by Crippen LogP contribution is 2.13. The van der Waals surface area contributed by atoms with Gasteiger partial charge in [0.1, 0.15) is 0 Å². The van der Waals surface area contributed by atoms with E-state index in [1.165, 1.54) is 0 Å². The van der Waals surface area contributed by atoms with Gasteiger partial charge in [0, 0.05) is 19.7 Å². The summed E-state index contributed by atoms with van der Waals surface area (Å²) in [6, 6.07) is 0.395. The zero-order valence-corrected chi connectivity index (χ0v) is 11.9. The summed E-state index contributed by atoms with van der Waals surface area (Å²) in [5.41, 5.74) is 0. The van der Waals surface area contributed by atoms with Crippen molar-refractivity contribution in [2.75, 3.05) is 40.0 Å². The number of carbonyl (C=O) groups is 1. The Morgan fingerprint density at radius 3 is 2.84 bits per heavy atom. The number of ether oxygens (including phenoxy) is 2. The molecule has 0 aliphatic carbocycles. The van der Waals surface area contributed by atoms with Crippen molar-refractivity contribution in [3.05, 3.63) is 0 Å². The molecule has 19 heavy (non-hydrogen) atoms. The Kier molecular flexibility index (Phi) is 6.07. The maximum Gasteiger partial charge on any atom is 0.224 e. The second-order valence-electron chi connectivity index (χ2n) is 5.45. The summed E-state index contributed by atoms with van der Waals surface area (Å²) in [7, 11) is 1.92. The van der Waals surface area contributed by atoms with Crippen LogP contribution in [0.15, 0.2) is 0 Å². The fraction of sp³-hybridized carbons (Fsp3) is 0.929. The van der Waals surface area contributed by atoms with Gasteiger partial charge < -0.3 is 19.7 Å². The predicted octanol–water partition coefficient (Wildman–Crippen LogP) is 0.783. The number of piperidine rings is 1. The maximum absolute atomic E-state index is 12.0. The van der Waals surface area contributed by atoms with Gasteiger partial charge in [0.2, 0.25) is 5.91 Å². The molecule has 0 spiro atoms. The Morgan fingerprint density at radius 1 is 1.37 bits per heavy atom. The van der Waals surface area contributed by atoms with Crippen LogP contribution in [0.2, 0.25) is 0 Å². The molecule has 0 saturated carbocycles. The van der Waals surface area contributed by atoms with Crippen molar-refractivity contribution < 1.29 is 14.3 Å². The van der Waals surface area contributed by atoms with Crippen molar-refractivity contribution >= 4 is 5.91 Å². The summed E-state index contributed by atoms with van der Waals surface area (Å²) >= 11 is 0. The highest BCUT2D eigenvalue weighted by Gasteiger charge is 2.21. The van der Waals surface area contributed by atoms with Gasteiger partial charge in [-0.15, -0.1) is 0 Å². The van der Waals surface area contributed by atoms with E-state index in [1.807, 2.05) is 11.9 Å². The van der Waals surface area contributed by atoms with Crippen LogP contribution in [-0.2, 0) is 14.3 Å². The van der Waals surface area contributed by atoms with E-state index >= 15 is 0 Å². The van der Waals surface area contributed by atoms with E-state index in [0.29, 0.717) is 25.7 Å². The number of hydrogen-bond donors (Lipinski definition) is 1. The largest absolute Gasteiger partial charge is 0.378 e. The average molecular weight is 270 g/mol. The Balaban J connectivity index is 1.57. The molecule has 1 atom stereocenters. The molecular weight excluding hydrogens is 244 g/mol. The number of amides is 1. The average Bonchev–Trinajstić information content (AvgIpc) is 2.96. The van der Waals surface area contributed by atoms with E-state index in [0.717, 1.165) is 45.4 Å². The first kappa shape index (κ1) is 14.8. The smallest absolute Gasteiger partial charge is 0.224 e. The van der Waals surface area contributed by atoms with Crippen LogP contribution < -0.4 is 5.32 Å².